The van der Waals surface area contributed by atoms with Crippen molar-refractivity contribution >= 4 is 0 Å². The molecule has 5 heteroatoms. The van der Waals surface area contributed by atoms with E-state index >= 15 is 0 Å². The van der Waals surface area contributed by atoms with E-state index in [0.717, 1.165) is 17.7 Å². The smallest absolute Gasteiger partial charge is 0.194 e. The summed E-state index contributed by atoms with van der Waals surface area (Å²) in [5.74, 6) is -6.68. The fourth-order valence-electron chi connectivity index (χ4n) is 2.46. The summed E-state index contributed by atoms with van der Waals surface area (Å²) in [4.78, 5) is 0. The molecule has 0 unspecified atom stereocenters. The molecule has 0 amide bonds. The van der Waals surface area contributed by atoms with Gasteiger partial charge in [-0.3, -0.25) is 0 Å². The highest BCUT2D eigenvalue weighted by molar-refractivity contribution is 5.72. The molecule has 122 valence electrons. The Hall–Kier alpha value is -2.69. The van der Waals surface area contributed by atoms with E-state index in [1.807, 2.05) is 6.92 Å². The van der Waals surface area contributed by atoms with Gasteiger partial charge in [0.15, 0.2) is 17.5 Å². The SMILES string of the molecule is Cc1ccc(-c2cc(F)c(-c3cc(F)c(F)c(F)c3)c(F)c2)cc1. The van der Waals surface area contributed by atoms with Crippen LogP contribution in [0.2, 0.25) is 0 Å². The predicted molar refractivity (Wildman–Crippen MR) is 81.8 cm³/mol. The third-order valence-electron chi connectivity index (χ3n) is 3.70. The van der Waals surface area contributed by atoms with Crippen LogP contribution in [0.25, 0.3) is 22.3 Å². The molecule has 0 aliphatic carbocycles. The minimum atomic E-state index is -1.68. The molecule has 0 atom stereocenters. The number of hydrogen-bond acceptors (Lipinski definition) is 0. The van der Waals surface area contributed by atoms with E-state index in [1.165, 1.54) is 0 Å². The van der Waals surface area contributed by atoms with Crippen molar-refractivity contribution in [1.29, 1.82) is 0 Å². The van der Waals surface area contributed by atoms with E-state index in [2.05, 4.69) is 0 Å². The zero-order chi connectivity index (χ0) is 17.4. The molecule has 0 nitrogen and oxygen atoms in total. The normalized spacial score (nSPS) is 10.9. The van der Waals surface area contributed by atoms with Crippen LogP contribution in [0.15, 0.2) is 48.5 Å². The van der Waals surface area contributed by atoms with Gasteiger partial charge in [0.25, 0.3) is 0 Å². The van der Waals surface area contributed by atoms with Gasteiger partial charge in [-0.25, -0.2) is 22.0 Å². The van der Waals surface area contributed by atoms with Crippen LogP contribution in [0.3, 0.4) is 0 Å². The molecule has 0 radical (unpaired) electrons. The first kappa shape index (κ1) is 16.2. The van der Waals surface area contributed by atoms with Gasteiger partial charge in [0, 0.05) is 0 Å². The summed E-state index contributed by atoms with van der Waals surface area (Å²) in [6.07, 6.45) is 0. The van der Waals surface area contributed by atoms with Crippen molar-refractivity contribution in [2.24, 2.45) is 0 Å². The summed E-state index contributed by atoms with van der Waals surface area (Å²) in [5.41, 5.74) is 0.868. The molecule has 0 fully saturated rings. The van der Waals surface area contributed by atoms with Crippen LogP contribution < -0.4 is 0 Å². The van der Waals surface area contributed by atoms with Gasteiger partial charge in [-0.15, -0.1) is 0 Å². The molecule has 0 saturated heterocycles. The number of rotatable bonds is 2. The molecular weight excluding hydrogens is 323 g/mol. The summed E-state index contributed by atoms with van der Waals surface area (Å²) < 4.78 is 68.3. The lowest BCUT2D eigenvalue weighted by Gasteiger charge is -2.10. The lowest BCUT2D eigenvalue weighted by molar-refractivity contribution is 0.447. The van der Waals surface area contributed by atoms with Gasteiger partial charge >= 0.3 is 0 Å². The quantitative estimate of drug-likeness (QED) is 0.397. The van der Waals surface area contributed by atoms with Gasteiger partial charge in [-0.2, -0.15) is 0 Å². The zero-order valence-electron chi connectivity index (χ0n) is 12.5. The van der Waals surface area contributed by atoms with Gasteiger partial charge < -0.3 is 0 Å². The topological polar surface area (TPSA) is 0 Å². The van der Waals surface area contributed by atoms with Gasteiger partial charge in [-0.05, 0) is 47.9 Å². The highest BCUT2D eigenvalue weighted by Gasteiger charge is 2.18. The van der Waals surface area contributed by atoms with Crippen molar-refractivity contribution in [3.8, 4) is 22.3 Å². The van der Waals surface area contributed by atoms with Gasteiger partial charge in [0.1, 0.15) is 11.6 Å². The molecule has 0 N–H and O–H groups in total. The Balaban J connectivity index is 2.13. The van der Waals surface area contributed by atoms with E-state index in [9.17, 15) is 22.0 Å². The largest absolute Gasteiger partial charge is 0.206 e. The van der Waals surface area contributed by atoms with E-state index in [-0.39, 0.29) is 5.56 Å². The van der Waals surface area contributed by atoms with Gasteiger partial charge in [0.05, 0.1) is 5.56 Å². The first-order chi connectivity index (χ1) is 11.4. The Labute approximate surface area is 135 Å². The van der Waals surface area contributed by atoms with Crippen molar-refractivity contribution < 1.29 is 22.0 Å². The van der Waals surface area contributed by atoms with Crippen molar-refractivity contribution in [2.45, 2.75) is 6.92 Å². The third kappa shape index (κ3) is 2.89. The monoisotopic (exact) mass is 334 g/mol. The molecule has 3 rings (SSSR count). The summed E-state index contributed by atoms with van der Waals surface area (Å²) in [6, 6.07) is 10.3. The van der Waals surface area contributed by atoms with Crippen molar-refractivity contribution in [3.63, 3.8) is 0 Å². The molecule has 0 aliphatic rings. The second-order valence-corrected chi connectivity index (χ2v) is 5.43. The Morgan fingerprint density at radius 3 is 1.50 bits per heavy atom. The fourth-order valence-corrected chi connectivity index (χ4v) is 2.46. The number of halogens is 5. The molecule has 0 heterocycles. The molecule has 24 heavy (non-hydrogen) atoms. The van der Waals surface area contributed by atoms with E-state index in [4.69, 9.17) is 0 Å². The predicted octanol–water partition coefficient (Wildman–Crippen LogP) is 6.02. The van der Waals surface area contributed by atoms with Crippen LogP contribution >= 0.6 is 0 Å². The van der Waals surface area contributed by atoms with E-state index in [1.54, 1.807) is 24.3 Å². The Morgan fingerprint density at radius 2 is 1.00 bits per heavy atom. The molecule has 0 spiro atoms. The highest BCUT2D eigenvalue weighted by atomic mass is 19.2. The summed E-state index contributed by atoms with van der Waals surface area (Å²) in [7, 11) is 0. The average molecular weight is 334 g/mol. The van der Waals surface area contributed by atoms with Crippen molar-refractivity contribution in [3.05, 3.63) is 83.2 Å². The molecule has 0 saturated carbocycles. The minimum absolute atomic E-state index is 0.289. The zero-order valence-corrected chi connectivity index (χ0v) is 12.5. The summed E-state index contributed by atoms with van der Waals surface area (Å²) in [5, 5.41) is 0. The Bertz CT molecular complexity index is 868. The van der Waals surface area contributed by atoms with Crippen molar-refractivity contribution in [1.82, 2.24) is 0 Å². The summed E-state index contributed by atoms with van der Waals surface area (Å²) in [6.45, 7) is 1.88. The summed E-state index contributed by atoms with van der Waals surface area (Å²) >= 11 is 0. The molecule has 0 bridgehead atoms. The van der Waals surface area contributed by atoms with Crippen molar-refractivity contribution in [2.75, 3.05) is 0 Å². The van der Waals surface area contributed by atoms with E-state index < -0.39 is 40.2 Å². The molecular formula is C19H11F5. The second-order valence-electron chi connectivity index (χ2n) is 5.43. The van der Waals surface area contributed by atoms with Crippen LogP contribution in [0, 0.1) is 36.0 Å². The van der Waals surface area contributed by atoms with Gasteiger partial charge in [0.2, 0.25) is 0 Å². The fraction of sp³-hybridized carbons (Fsp3) is 0.0526. The van der Waals surface area contributed by atoms with Gasteiger partial charge in [-0.1, -0.05) is 29.8 Å². The van der Waals surface area contributed by atoms with Crippen LogP contribution in [-0.4, -0.2) is 0 Å². The molecule has 0 aromatic heterocycles. The molecule has 0 aliphatic heterocycles. The lowest BCUT2D eigenvalue weighted by Crippen LogP contribution is -1.97. The van der Waals surface area contributed by atoms with Crippen LogP contribution in [0.4, 0.5) is 22.0 Å². The Kier molecular flexibility index (Phi) is 4.09. The maximum absolute atomic E-state index is 14.3. The second kappa shape index (κ2) is 6.07. The minimum Gasteiger partial charge on any atom is -0.206 e. The molecule has 3 aromatic carbocycles. The lowest BCUT2D eigenvalue weighted by atomic mass is 9.98. The number of benzene rings is 3. The highest BCUT2D eigenvalue weighted by Crippen LogP contribution is 2.32. The first-order valence-electron chi connectivity index (χ1n) is 7.08. The molecule has 3 aromatic rings. The maximum atomic E-state index is 14.3. The maximum Gasteiger partial charge on any atom is 0.194 e. The third-order valence-corrected chi connectivity index (χ3v) is 3.70. The van der Waals surface area contributed by atoms with E-state index in [0.29, 0.717) is 17.7 Å². The standard InChI is InChI=1S/C19H11F5/c1-10-2-4-11(5-3-10)12-6-14(20)18(15(21)7-12)13-8-16(22)19(24)17(23)9-13/h2-9H,1H3. The van der Waals surface area contributed by atoms with Crippen LogP contribution in [0.5, 0.6) is 0 Å². The number of hydrogen-bond donors (Lipinski definition) is 0. The van der Waals surface area contributed by atoms with Crippen LogP contribution in [-0.2, 0) is 0 Å². The first-order valence-corrected chi connectivity index (χ1v) is 7.08. The Morgan fingerprint density at radius 1 is 0.542 bits per heavy atom. The average Bonchev–Trinajstić information content (AvgIpc) is 2.52. The van der Waals surface area contributed by atoms with Crippen LogP contribution in [0.1, 0.15) is 5.56 Å². The number of aryl methyl sites for hydroxylation is 1.